The first-order valence-electron chi connectivity index (χ1n) is 8.30. The number of hydrogen-bond acceptors (Lipinski definition) is 3. The van der Waals surface area contributed by atoms with Gasteiger partial charge >= 0.3 is 6.03 Å². The lowest BCUT2D eigenvalue weighted by Gasteiger charge is -2.30. The van der Waals surface area contributed by atoms with E-state index in [2.05, 4.69) is 5.32 Å². The van der Waals surface area contributed by atoms with Crippen LogP contribution in [0.15, 0.2) is 18.2 Å². The number of aryl methyl sites for hydroxylation is 1. The van der Waals surface area contributed by atoms with Crippen molar-refractivity contribution in [2.45, 2.75) is 33.3 Å². The molecule has 0 aliphatic carbocycles. The van der Waals surface area contributed by atoms with Gasteiger partial charge in [-0.2, -0.15) is 0 Å². The van der Waals surface area contributed by atoms with Crippen molar-refractivity contribution < 1.29 is 14.7 Å². The summed E-state index contributed by atoms with van der Waals surface area (Å²) >= 11 is 0. The van der Waals surface area contributed by atoms with Gasteiger partial charge in [0.15, 0.2) is 0 Å². The third-order valence-electron chi connectivity index (χ3n) is 5.43. The molecular weight excluding hydrogens is 306 g/mol. The minimum absolute atomic E-state index is 0.110. The molecule has 0 bridgehead atoms. The summed E-state index contributed by atoms with van der Waals surface area (Å²) in [6.07, 6.45) is 0. The van der Waals surface area contributed by atoms with Gasteiger partial charge in [-0.3, -0.25) is 9.69 Å². The third-order valence-corrected chi connectivity index (χ3v) is 5.43. The van der Waals surface area contributed by atoms with Crippen molar-refractivity contribution in [1.29, 1.82) is 0 Å². The van der Waals surface area contributed by atoms with E-state index in [0.717, 1.165) is 11.3 Å². The molecule has 6 nitrogen and oxygen atoms in total. The summed E-state index contributed by atoms with van der Waals surface area (Å²) in [5.41, 5.74) is 0.998. The number of nitrogens with zero attached hydrogens (tertiary/aromatic N) is 2. The first kappa shape index (κ1) is 16.8. The van der Waals surface area contributed by atoms with Crippen molar-refractivity contribution >= 4 is 17.6 Å². The van der Waals surface area contributed by atoms with Crippen molar-refractivity contribution in [2.75, 3.05) is 31.1 Å². The number of β-amino-alcohol motifs (C(OH)–C–C–N with tert-alkyl or cyclic N) is 1. The second-order valence-corrected chi connectivity index (χ2v) is 7.70. The maximum absolute atomic E-state index is 12.9. The Bertz CT molecular complexity index is 681. The predicted octanol–water partition coefficient (Wildman–Crippen LogP) is 1.76. The molecule has 6 heteroatoms. The standard InChI is InChI=1S/C18H25N3O3/c1-12-5-6-13(9-14(12)21-8-7-19-16(21)23)15(22)20-10-17(2,3)18(4,24)11-20/h5-6,9,24H,7-8,10-11H2,1-4H3,(H,19,23)/t18-/m0/s1. The Morgan fingerprint density at radius 3 is 2.50 bits per heavy atom. The fourth-order valence-corrected chi connectivity index (χ4v) is 3.35. The molecule has 0 spiro atoms. The number of aliphatic hydroxyl groups is 1. The van der Waals surface area contributed by atoms with Crippen LogP contribution in [-0.2, 0) is 0 Å². The van der Waals surface area contributed by atoms with Crippen LogP contribution in [0.4, 0.5) is 10.5 Å². The smallest absolute Gasteiger partial charge is 0.322 e. The normalized spacial score (nSPS) is 26.0. The van der Waals surface area contributed by atoms with Crippen LogP contribution in [0.5, 0.6) is 0 Å². The number of anilines is 1. The maximum Gasteiger partial charge on any atom is 0.322 e. The highest BCUT2D eigenvalue weighted by Crippen LogP contribution is 2.39. The molecule has 2 saturated heterocycles. The number of nitrogens with one attached hydrogen (secondary N) is 1. The Hall–Kier alpha value is -2.08. The summed E-state index contributed by atoms with van der Waals surface area (Å²) in [6, 6.07) is 5.30. The van der Waals surface area contributed by atoms with Crippen LogP contribution in [0.2, 0.25) is 0 Å². The molecule has 1 atom stereocenters. The molecule has 24 heavy (non-hydrogen) atoms. The Morgan fingerprint density at radius 1 is 1.25 bits per heavy atom. The number of amides is 3. The summed E-state index contributed by atoms with van der Waals surface area (Å²) in [5, 5.41) is 13.3. The highest BCUT2D eigenvalue weighted by atomic mass is 16.3. The molecule has 2 aliphatic rings. The van der Waals surface area contributed by atoms with Crippen molar-refractivity contribution in [2.24, 2.45) is 5.41 Å². The van der Waals surface area contributed by atoms with Crippen LogP contribution in [0.1, 0.15) is 36.7 Å². The van der Waals surface area contributed by atoms with E-state index in [4.69, 9.17) is 0 Å². The Morgan fingerprint density at radius 2 is 1.96 bits per heavy atom. The third kappa shape index (κ3) is 2.65. The molecule has 2 heterocycles. The van der Waals surface area contributed by atoms with Crippen molar-refractivity contribution in [1.82, 2.24) is 10.2 Å². The summed E-state index contributed by atoms with van der Waals surface area (Å²) in [6.45, 7) is 9.67. The summed E-state index contributed by atoms with van der Waals surface area (Å²) in [7, 11) is 0. The molecule has 2 N–H and O–H groups in total. The second-order valence-electron chi connectivity index (χ2n) is 7.70. The first-order chi connectivity index (χ1) is 11.1. The first-order valence-corrected chi connectivity index (χ1v) is 8.30. The van der Waals surface area contributed by atoms with E-state index in [-0.39, 0.29) is 17.4 Å². The van der Waals surface area contributed by atoms with E-state index >= 15 is 0 Å². The zero-order chi connectivity index (χ0) is 17.7. The van der Waals surface area contributed by atoms with Crippen molar-refractivity contribution in [3.8, 4) is 0 Å². The van der Waals surface area contributed by atoms with E-state index in [0.29, 0.717) is 31.7 Å². The maximum atomic E-state index is 12.9. The average Bonchev–Trinajstić information content (AvgIpc) is 3.00. The molecule has 3 rings (SSSR count). The van der Waals surface area contributed by atoms with Gasteiger partial charge in [0.25, 0.3) is 5.91 Å². The summed E-state index contributed by atoms with van der Waals surface area (Å²) in [4.78, 5) is 28.2. The van der Waals surface area contributed by atoms with E-state index in [9.17, 15) is 14.7 Å². The van der Waals surface area contributed by atoms with Gasteiger partial charge in [-0.1, -0.05) is 19.9 Å². The van der Waals surface area contributed by atoms with Gasteiger partial charge in [0.05, 0.1) is 12.1 Å². The Labute approximate surface area is 142 Å². The molecule has 130 valence electrons. The number of benzene rings is 1. The highest BCUT2D eigenvalue weighted by molar-refractivity contribution is 5.99. The minimum Gasteiger partial charge on any atom is -0.388 e. The van der Waals surface area contributed by atoms with Crippen molar-refractivity contribution in [3.05, 3.63) is 29.3 Å². The summed E-state index contributed by atoms with van der Waals surface area (Å²) in [5.74, 6) is -0.110. The molecule has 0 aromatic heterocycles. The van der Waals surface area contributed by atoms with Crippen molar-refractivity contribution in [3.63, 3.8) is 0 Å². The largest absolute Gasteiger partial charge is 0.388 e. The van der Waals surface area contributed by atoms with Crippen LogP contribution >= 0.6 is 0 Å². The molecule has 1 aromatic rings. The molecule has 2 fully saturated rings. The Kier molecular flexibility index (Phi) is 3.83. The van der Waals surface area contributed by atoms with Gasteiger partial charge < -0.3 is 15.3 Å². The van der Waals surface area contributed by atoms with E-state index < -0.39 is 5.60 Å². The average molecular weight is 331 g/mol. The lowest BCUT2D eigenvalue weighted by molar-refractivity contribution is -0.0108. The quantitative estimate of drug-likeness (QED) is 0.867. The van der Waals surface area contributed by atoms with E-state index in [1.807, 2.05) is 26.8 Å². The zero-order valence-electron chi connectivity index (χ0n) is 14.7. The van der Waals surface area contributed by atoms with Gasteiger partial charge in [-0.15, -0.1) is 0 Å². The van der Waals surface area contributed by atoms with Crippen LogP contribution < -0.4 is 10.2 Å². The van der Waals surface area contributed by atoms with Crippen LogP contribution in [0.25, 0.3) is 0 Å². The van der Waals surface area contributed by atoms with Crippen LogP contribution in [0.3, 0.4) is 0 Å². The molecule has 0 unspecified atom stereocenters. The second kappa shape index (κ2) is 5.48. The lowest BCUT2D eigenvalue weighted by Crippen LogP contribution is -2.40. The molecule has 2 aliphatic heterocycles. The fraction of sp³-hybridized carbons (Fsp3) is 0.556. The SMILES string of the molecule is Cc1ccc(C(=O)N2CC(C)(C)[C@@](C)(O)C2)cc1N1CCNC1=O. The molecule has 0 radical (unpaired) electrons. The van der Waals surface area contributed by atoms with Gasteiger partial charge in [-0.25, -0.2) is 4.79 Å². The zero-order valence-corrected chi connectivity index (χ0v) is 14.7. The highest BCUT2D eigenvalue weighted by Gasteiger charge is 2.49. The number of rotatable bonds is 2. The molecule has 3 amide bonds. The fourth-order valence-electron chi connectivity index (χ4n) is 3.35. The number of carbonyl (C=O) groups excluding carboxylic acids is 2. The van der Waals surface area contributed by atoms with Crippen LogP contribution in [-0.4, -0.2) is 53.7 Å². The number of hydrogen-bond donors (Lipinski definition) is 2. The van der Waals surface area contributed by atoms with Gasteiger partial charge in [0.1, 0.15) is 0 Å². The minimum atomic E-state index is -0.912. The molecular formula is C18H25N3O3. The van der Waals surface area contributed by atoms with Gasteiger partial charge in [0, 0.05) is 36.3 Å². The topological polar surface area (TPSA) is 72.9 Å². The monoisotopic (exact) mass is 331 g/mol. The lowest BCUT2D eigenvalue weighted by atomic mass is 9.79. The van der Waals surface area contributed by atoms with Gasteiger partial charge in [-0.05, 0) is 31.5 Å². The predicted molar refractivity (Wildman–Crippen MR) is 92.2 cm³/mol. The van der Waals surface area contributed by atoms with E-state index in [1.54, 1.807) is 28.9 Å². The number of likely N-dealkylation sites (tertiary alicyclic amines) is 1. The van der Waals surface area contributed by atoms with Gasteiger partial charge in [0.2, 0.25) is 0 Å². The molecule has 1 aromatic carbocycles. The Balaban J connectivity index is 1.88. The number of urea groups is 1. The number of carbonyl (C=O) groups is 2. The molecule has 0 saturated carbocycles. The van der Waals surface area contributed by atoms with Crippen LogP contribution in [0, 0.1) is 12.3 Å². The summed E-state index contributed by atoms with van der Waals surface area (Å²) < 4.78 is 0. The van der Waals surface area contributed by atoms with E-state index in [1.165, 1.54) is 0 Å².